The summed E-state index contributed by atoms with van der Waals surface area (Å²) < 4.78 is 8.59. The quantitative estimate of drug-likeness (QED) is 0.353. The lowest BCUT2D eigenvalue weighted by molar-refractivity contribution is -0.688. The van der Waals surface area contributed by atoms with Crippen molar-refractivity contribution >= 4 is 0 Å². The summed E-state index contributed by atoms with van der Waals surface area (Å²) in [6.07, 6.45) is 6.13. The molecule has 1 aromatic heterocycles. The predicted molar refractivity (Wildman–Crippen MR) is 117 cm³/mol. The molecule has 4 aromatic rings. The standard InChI is InChI=1S/C27H26NO/c1-4-10-23(11-5-1)16-19-27(25-12-6-2-7-13-25)29-26-17-14-24(15-18-26)22-28-20-8-3-9-21-28/h1-15,17-18,20-21,27H,16,19,22H2/q+1. The molecule has 0 bridgehead atoms. The zero-order chi connectivity index (χ0) is 19.7. The molecule has 1 heterocycles. The zero-order valence-corrected chi connectivity index (χ0v) is 16.5. The molecule has 4 rings (SSSR count). The van der Waals surface area contributed by atoms with Crippen LogP contribution in [0.1, 0.15) is 29.2 Å². The third-order valence-corrected chi connectivity index (χ3v) is 5.05. The van der Waals surface area contributed by atoms with Gasteiger partial charge in [-0.2, -0.15) is 0 Å². The third kappa shape index (κ3) is 5.55. The molecule has 0 aliphatic rings. The fourth-order valence-corrected chi connectivity index (χ4v) is 3.49. The molecule has 0 spiro atoms. The maximum Gasteiger partial charge on any atom is 0.173 e. The molecule has 0 N–H and O–H groups in total. The second kappa shape index (κ2) is 9.70. The molecule has 0 fully saturated rings. The first-order valence-electron chi connectivity index (χ1n) is 10.2. The van der Waals surface area contributed by atoms with Crippen molar-refractivity contribution in [2.24, 2.45) is 0 Å². The van der Waals surface area contributed by atoms with Crippen LogP contribution in [0.15, 0.2) is 116 Å². The number of aromatic nitrogens is 1. The number of nitrogens with zero attached hydrogens (tertiary/aromatic N) is 1. The lowest BCUT2D eigenvalue weighted by atomic mass is 10.0. The lowest BCUT2D eigenvalue weighted by Crippen LogP contribution is -2.32. The van der Waals surface area contributed by atoms with Gasteiger partial charge < -0.3 is 4.74 Å². The smallest absolute Gasteiger partial charge is 0.173 e. The number of pyridine rings is 1. The molecule has 0 saturated carbocycles. The fraction of sp³-hybridized carbons (Fsp3) is 0.148. The van der Waals surface area contributed by atoms with Crippen molar-refractivity contribution in [1.82, 2.24) is 0 Å². The van der Waals surface area contributed by atoms with Gasteiger partial charge in [-0.05, 0) is 48.2 Å². The van der Waals surface area contributed by atoms with Gasteiger partial charge in [-0.15, -0.1) is 0 Å². The van der Waals surface area contributed by atoms with Gasteiger partial charge in [0.05, 0.1) is 0 Å². The first-order chi connectivity index (χ1) is 14.4. The molecule has 0 aliphatic heterocycles. The minimum atomic E-state index is 0.0331. The normalized spacial score (nSPS) is 11.7. The van der Waals surface area contributed by atoms with Crippen molar-refractivity contribution in [2.45, 2.75) is 25.5 Å². The van der Waals surface area contributed by atoms with Crippen LogP contribution in [0.3, 0.4) is 0 Å². The van der Waals surface area contributed by atoms with E-state index in [4.69, 9.17) is 4.74 Å². The van der Waals surface area contributed by atoms with E-state index in [0.29, 0.717) is 0 Å². The lowest BCUT2D eigenvalue weighted by Gasteiger charge is -2.20. The van der Waals surface area contributed by atoms with Crippen molar-refractivity contribution in [1.29, 1.82) is 0 Å². The minimum Gasteiger partial charge on any atom is -0.486 e. The Bertz CT molecular complexity index is 983. The van der Waals surface area contributed by atoms with E-state index >= 15 is 0 Å². The Kier molecular flexibility index (Phi) is 6.34. The summed E-state index contributed by atoms with van der Waals surface area (Å²) in [6.45, 7) is 0.858. The summed E-state index contributed by atoms with van der Waals surface area (Å²) in [7, 11) is 0. The van der Waals surface area contributed by atoms with Crippen LogP contribution in [-0.2, 0) is 13.0 Å². The molecular weight excluding hydrogens is 354 g/mol. The molecule has 144 valence electrons. The summed E-state index contributed by atoms with van der Waals surface area (Å²) in [5.74, 6) is 0.911. The molecule has 0 saturated heterocycles. The van der Waals surface area contributed by atoms with E-state index < -0.39 is 0 Å². The highest BCUT2D eigenvalue weighted by Crippen LogP contribution is 2.26. The van der Waals surface area contributed by atoms with Gasteiger partial charge in [0, 0.05) is 17.7 Å². The molecule has 2 nitrogen and oxygen atoms in total. The maximum atomic E-state index is 6.42. The second-order valence-corrected chi connectivity index (χ2v) is 7.23. The number of benzene rings is 3. The first kappa shape index (κ1) is 18.9. The second-order valence-electron chi connectivity index (χ2n) is 7.23. The third-order valence-electron chi connectivity index (χ3n) is 5.05. The van der Waals surface area contributed by atoms with Gasteiger partial charge in [0.1, 0.15) is 11.9 Å². The van der Waals surface area contributed by atoms with Crippen molar-refractivity contribution in [3.63, 3.8) is 0 Å². The van der Waals surface area contributed by atoms with Gasteiger partial charge in [-0.25, -0.2) is 4.57 Å². The highest BCUT2D eigenvalue weighted by atomic mass is 16.5. The van der Waals surface area contributed by atoms with Gasteiger partial charge >= 0.3 is 0 Å². The van der Waals surface area contributed by atoms with Gasteiger partial charge in [-0.3, -0.25) is 0 Å². The van der Waals surface area contributed by atoms with E-state index in [-0.39, 0.29) is 6.10 Å². The molecule has 29 heavy (non-hydrogen) atoms. The van der Waals surface area contributed by atoms with Gasteiger partial charge in [0.25, 0.3) is 0 Å². The monoisotopic (exact) mass is 380 g/mol. The van der Waals surface area contributed by atoms with E-state index in [1.165, 1.54) is 16.7 Å². The molecule has 0 amide bonds. The highest BCUT2D eigenvalue weighted by molar-refractivity contribution is 5.28. The highest BCUT2D eigenvalue weighted by Gasteiger charge is 2.14. The summed E-state index contributed by atoms with van der Waals surface area (Å²) in [4.78, 5) is 0. The average molecular weight is 381 g/mol. The van der Waals surface area contributed by atoms with Crippen molar-refractivity contribution in [3.05, 3.63) is 132 Å². The zero-order valence-electron chi connectivity index (χ0n) is 16.5. The molecule has 0 aliphatic carbocycles. The largest absolute Gasteiger partial charge is 0.486 e. The number of hydrogen-bond acceptors (Lipinski definition) is 1. The van der Waals surface area contributed by atoms with Gasteiger partial charge in [0.2, 0.25) is 0 Å². The van der Waals surface area contributed by atoms with Crippen LogP contribution in [0.4, 0.5) is 0 Å². The average Bonchev–Trinajstić information content (AvgIpc) is 2.80. The van der Waals surface area contributed by atoms with Crippen molar-refractivity contribution in [3.8, 4) is 5.75 Å². The molecule has 3 aromatic carbocycles. The van der Waals surface area contributed by atoms with E-state index in [2.05, 4.69) is 108 Å². The van der Waals surface area contributed by atoms with E-state index in [1.54, 1.807) is 0 Å². The van der Waals surface area contributed by atoms with E-state index in [0.717, 1.165) is 25.1 Å². The first-order valence-corrected chi connectivity index (χ1v) is 10.2. The Morgan fingerprint density at radius 3 is 1.93 bits per heavy atom. The Labute approximate surface area is 173 Å². The number of hydrogen-bond donors (Lipinski definition) is 0. The Balaban J connectivity index is 1.45. The molecule has 0 radical (unpaired) electrons. The van der Waals surface area contributed by atoms with Crippen LogP contribution in [-0.4, -0.2) is 0 Å². The van der Waals surface area contributed by atoms with Gasteiger partial charge in [0.15, 0.2) is 18.9 Å². The van der Waals surface area contributed by atoms with Crippen LogP contribution < -0.4 is 9.30 Å². The summed E-state index contributed by atoms with van der Waals surface area (Å²) in [5, 5.41) is 0. The van der Waals surface area contributed by atoms with Crippen LogP contribution in [0.2, 0.25) is 0 Å². The van der Waals surface area contributed by atoms with E-state index in [9.17, 15) is 0 Å². The molecular formula is C27H26NO+. The Morgan fingerprint density at radius 1 is 0.621 bits per heavy atom. The number of aryl methyl sites for hydroxylation is 1. The summed E-state index contributed by atoms with van der Waals surface area (Å²) in [6, 6.07) is 35.7. The molecule has 1 atom stereocenters. The fourth-order valence-electron chi connectivity index (χ4n) is 3.49. The minimum absolute atomic E-state index is 0.0331. The number of rotatable bonds is 8. The van der Waals surface area contributed by atoms with Crippen molar-refractivity contribution in [2.75, 3.05) is 0 Å². The number of ether oxygens (including phenoxy) is 1. The van der Waals surface area contributed by atoms with Crippen LogP contribution in [0.5, 0.6) is 5.75 Å². The molecule has 1 unspecified atom stereocenters. The van der Waals surface area contributed by atoms with Crippen molar-refractivity contribution < 1.29 is 9.30 Å². The van der Waals surface area contributed by atoms with Crippen LogP contribution in [0, 0.1) is 0 Å². The van der Waals surface area contributed by atoms with E-state index in [1.807, 2.05) is 12.1 Å². The summed E-state index contributed by atoms with van der Waals surface area (Å²) in [5.41, 5.74) is 3.81. The predicted octanol–water partition coefficient (Wildman–Crippen LogP) is 5.78. The summed E-state index contributed by atoms with van der Waals surface area (Å²) >= 11 is 0. The SMILES string of the molecule is c1ccc(CCC(Oc2ccc(C[n+]3ccccc3)cc2)c2ccccc2)cc1. The Hall–Kier alpha value is -3.39. The van der Waals surface area contributed by atoms with Crippen LogP contribution in [0.25, 0.3) is 0 Å². The Morgan fingerprint density at radius 2 is 1.24 bits per heavy atom. The maximum absolute atomic E-state index is 6.42. The topological polar surface area (TPSA) is 13.1 Å². The van der Waals surface area contributed by atoms with Crippen LogP contribution >= 0.6 is 0 Å². The molecule has 2 heteroatoms. The van der Waals surface area contributed by atoms with Gasteiger partial charge in [-0.1, -0.05) is 66.7 Å².